The van der Waals surface area contributed by atoms with Crippen molar-refractivity contribution in [3.05, 3.63) is 0 Å². The van der Waals surface area contributed by atoms with Crippen molar-refractivity contribution in [1.29, 1.82) is 0 Å². The molecule has 0 aromatic rings. The van der Waals surface area contributed by atoms with Crippen LogP contribution < -0.4 is 11.1 Å². The molecule has 1 unspecified atom stereocenters. The van der Waals surface area contributed by atoms with Crippen LogP contribution in [0.25, 0.3) is 0 Å². The van der Waals surface area contributed by atoms with Crippen LogP contribution >= 0.6 is 0 Å². The highest BCUT2D eigenvalue weighted by Gasteiger charge is 2.22. The lowest BCUT2D eigenvalue weighted by atomic mass is 9.90. The molecular formula is C12H25N3O. The maximum absolute atomic E-state index is 10.6. The number of nitrogens with zero attached hydrogens (tertiary/aromatic N) is 1. The Bertz CT molecular complexity index is 212. The van der Waals surface area contributed by atoms with E-state index in [9.17, 15) is 4.79 Å². The Balaban J connectivity index is 2.17. The van der Waals surface area contributed by atoms with Gasteiger partial charge in [0.2, 0.25) is 5.91 Å². The molecule has 1 aliphatic rings. The van der Waals surface area contributed by atoms with Crippen molar-refractivity contribution in [2.75, 3.05) is 26.2 Å². The van der Waals surface area contributed by atoms with Crippen molar-refractivity contribution in [3.8, 4) is 0 Å². The third-order valence-corrected chi connectivity index (χ3v) is 3.62. The number of rotatable bonds is 6. The first-order chi connectivity index (χ1) is 7.63. The second kappa shape index (κ2) is 6.86. The molecule has 0 aromatic heterocycles. The number of carbonyl (C=O) groups is 1. The predicted octanol–water partition coefficient (Wildman–Crippen LogP) is 0.572. The number of nitrogens with one attached hydrogen (secondary N) is 1. The number of piperidine rings is 1. The lowest BCUT2D eigenvalue weighted by Gasteiger charge is -2.34. The minimum Gasteiger partial charge on any atom is -0.370 e. The van der Waals surface area contributed by atoms with Crippen molar-refractivity contribution in [1.82, 2.24) is 10.2 Å². The lowest BCUT2D eigenvalue weighted by Crippen LogP contribution is -2.42. The molecule has 0 radical (unpaired) electrons. The fourth-order valence-electron chi connectivity index (χ4n) is 2.36. The predicted molar refractivity (Wildman–Crippen MR) is 66.1 cm³/mol. The van der Waals surface area contributed by atoms with Gasteiger partial charge in [-0.2, -0.15) is 0 Å². The second-order valence-corrected chi connectivity index (χ2v) is 4.73. The molecule has 1 aliphatic heterocycles. The van der Waals surface area contributed by atoms with Gasteiger partial charge < -0.3 is 16.0 Å². The molecule has 1 saturated heterocycles. The summed E-state index contributed by atoms with van der Waals surface area (Å²) in [5, 5.41) is 3.40. The van der Waals surface area contributed by atoms with Gasteiger partial charge in [0.25, 0.3) is 0 Å². The minimum absolute atomic E-state index is 0.222. The molecule has 0 saturated carbocycles. The van der Waals surface area contributed by atoms with Crippen LogP contribution in [0.1, 0.15) is 33.1 Å². The number of primary amides is 1. The quantitative estimate of drug-likeness (QED) is 0.697. The maximum Gasteiger partial charge on any atom is 0.218 e. The smallest absolute Gasteiger partial charge is 0.218 e. The molecule has 4 heteroatoms. The molecule has 0 bridgehead atoms. The Hall–Kier alpha value is -0.610. The normalized spacial score (nSPS) is 20.9. The third kappa shape index (κ3) is 4.49. The first kappa shape index (κ1) is 13.5. The van der Waals surface area contributed by atoms with Crippen molar-refractivity contribution in [2.45, 2.75) is 39.2 Å². The van der Waals surface area contributed by atoms with Gasteiger partial charge >= 0.3 is 0 Å². The first-order valence-electron chi connectivity index (χ1n) is 6.37. The van der Waals surface area contributed by atoms with Crippen LogP contribution in [0.3, 0.4) is 0 Å². The van der Waals surface area contributed by atoms with E-state index in [0.717, 1.165) is 12.5 Å². The molecule has 1 atom stereocenters. The topological polar surface area (TPSA) is 58.4 Å². The number of likely N-dealkylation sites (tertiary alicyclic amines) is 1. The Morgan fingerprint density at radius 3 is 2.62 bits per heavy atom. The molecule has 0 aliphatic carbocycles. The van der Waals surface area contributed by atoms with E-state index in [-0.39, 0.29) is 5.91 Å². The van der Waals surface area contributed by atoms with E-state index in [1.165, 1.54) is 25.9 Å². The highest BCUT2D eigenvalue weighted by molar-refractivity contribution is 5.73. The summed E-state index contributed by atoms with van der Waals surface area (Å²) in [7, 11) is 0. The zero-order valence-electron chi connectivity index (χ0n) is 10.5. The largest absolute Gasteiger partial charge is 0.370 e. The van der Waals surface area contributed by atoms with E-state index in [1.54, 1.807) is 0 Å². The second-order valence-electron chi connectivity index (χ2n) is 4.73. The van der Waals surface area contributed by atoms with Crippen molar-refractivity contribution in [2.24, 2.45) is 11.7 Å². The minimum atomic E-state index is -0.222. The van der Waals surface area contributed by atoms with E-state index < -0.39 is 0 Å². The fraction of sp³-hybridized carbons (Fsp3) is 0.917. The zero-order chi connectivity index (χ0) is 12.0. The van der Waals surface area contributed by atoms with E-state index in [0.29, 0.717) is 19.0 Å². The number of hydrogen-bond acceptors (Lipinski definition) is 3. The highest BCUT2D eigenvalue weighted by atomic mass is 16.1. The summed E-state index contributed by atoms with van der Waals surface area (Å²) in [4.78, 5) is 13.1. The molecular weight excluding hydrogens is 202 g/mol. The van der Waals surface area contributed by atoms with Gasteiger partial charge in [0.05, 0.1) is 0 Å². The summed E-state index contributed by atoms with van der Waals surface area (Å²) in [5.74, 6) is 0.524. The van der Waals surface area contributed by atoms with E-state index in [4.69, 9.17) is 5.73 Å². The standard InChI is InChI=1S/C12H25N3O/c1-3-15-8-5-11(6-9-15)10(2)14-7-4-12(13)16/h10-11,14H,3-9H2,1-2H3,(H2,13,16). The van der Waals surface area contributed by atoms with Gasteiger partial charge in [-0.15, -0.1) is 0 Å². The zero-order valence-corrected chi connectivity index (χ0v) is 10.5. The molecule has 0 aromatic carbocycles. The van der Waals surface area contributed by atoms with Crippen LogP contribution in [0, 0.1) is 5.92 Å². The Kier molecular flexibility index (Phi) is 5.77. The van der Waals surface area contributed by atoms with Crippen LogP contribution in [0.2, 0.25) is 0 Å². The molecule has 1 rings (SSSR count). The number of nitrogens with two attached hydrogens (primary N) is 1. The van der Waals surface area contributed by atoms with Crippen molar-refractivity contribution in [3.63, 3.8) is 0 Å². The Morgan fingerprint density at radius 2 is 2.12 bits per heavy atom. The molecule has 1 heterocycles. The summed E-state index contributed by atoms with van der Waals surface area (Å²) in [6.45, 7) is 8.73. The van der Waals surface area contributed by atoms with Gasteiger partial charge in [-0.25, -0.2) is 0 Å². The fourth-order valence-corrected chi connectivity index (χ4v) is 2.36. The molecule has 94 valence electrons. The van der Waals surface area contributed by atoms with Gasteiger partial charge in [0.15, 0.2) is 0 Å². The monoisotopic (exact) mass is 227 g/mol. The van der Waals surface area contributed by atoms with Crippen LogP contribution in [0.5, 0.6) is 0 Å². The van der Waals surface area contributed by atoms with Gasteiger partial charge in [0, 0.05) is 19.0 Å². The lowest BCUT2D eigenvalue weighted by molar-refractivity contribution is -0.117. The first-order valence-corrected chi connectivity index (χ1v) is 6.37. The van der Waals surface area contributed by atoms with Crippen molar-refractivity contribution >= 4 is 5.91 Å². The SMILES string of the molecule is CCN1CCC(C(C)NCCC(N)=O)CC1. The van der Waals surface area contributed by atoms with E-state index >= 15 is 0 Å². The summed E-state index contributed by atoms with van der Waals surface area (Å²) in [6.07, 6.45) is 2.97. The van der Waals surface area contributed by atoms with Crippen LogP contribution in [0.15, 0.2) is 0 Å². The average Bonchev–Trinajstić information content (AvgIpc) is 2.28. The molecule has 3 N–H and O–H groups in total. The molecule has 1 amide bonds. The summed E-state index contributed by atoms with van der Waals surface area (Å²) >= 11 is 0. The van der Waals surface area contributed by atoms with Crippen LogP contribution in [0.4, 0.5) is 0 Å². The third-order valence-electron chi connectivity index (χ3n) is 3.62. The van der Waals surface area contributed by atoms with Gasteiger partial charge in [-0.1, -0.05) is 6.92 Å². The number of carbonyl (C=O) groups excluding carboxylic acids is 1. The van der Waals surface area contributed by atoms with Gasteiger partial charge in [0.1, 0.15) is 0 Å². The van der Waals surface area contributed by atoms with Gasteiger partial charge in [-0.05, 0) is 45.3 Å². The summed E-state index contributed by atoms with van der Waals surface area (Å²) in [6, 6.07) is 0.498. The van der Waals surface area contributed by atoms with E-state index in [2.05, 4.69) is 24.1 Å². The maximum atomic E-state index is 10.6. The van der Waals surface area contributed by atoms with Crippen LogP contribution in [-0.2, 0) is 4.79 Å². The number of amides is 1. The Labute approximate surface area is 98.6 Å². The molecule has 0 spiro atoms. The average molecular weight is 227 g/mol. The highest BCUT2D eigenvalue weighted by Crippen LogP contribution is 2.20. The van der Waals surface area contributed by atoms with Gasteiger partial charge in [-0.3, -0.25) is 4.79 Å². The molecule has 4 nitrogen and oxygen atoms in total. The number of hydrogen-bond donors (Lipinski definition) is 2. The Morgan fingerprint density at radius 1 is 1.50 bits per heavy atom. The van der Waals surface area contributed by atoms with E-state index in [1.807, 2.05) is 0 Å². The molecule has 1 fully saturated rings. The van der Waals surface area contributed by atoms with Crippen LogP contribution in [-0.4, -0.2) is 43.0 Å². The summed E-state index contributed by atoms with van der Waals surface area (Å²) in [5.41, 5.74) is 5.11. The molecule has 16 heavy (non-hydrogen) atoms. The summed E-state index contributed by atoms with van der Waals surface area (Å²) < 4.78 is 0. The van der Waals surface area contributed by atoms with Crippen molar-refractivity contribution < 1.29 is 4.79 Å².